The van der Waals surface area contributed by atoms with Crippen LogP contribution in [0.2, 0.25) is 13.6 Å². The van der Waals surface area contributed by atoms with Crippen molar-refractivity contribution in [3.8, 4) is 0 Å². The Balaban J connectivity index is 0.000000133. The number of rotatable bonds is 3. The molecule has 0 aromatic rings. The predicted octanol–water partition coefficient (Wildman–Crippen LogP) is 1.32. The lowest BCUT2D eigenvalue weighted by Gasteiger charge is -2.20. The third kappa shape index (κ3) is 6.15. The zero-order valence-corrected chi connectivity index (χ0v) is 18.2. The van der Waals surface area contributed by atoms with Crippen LogP contribution in [0.4, 0.5) is 9.59 Å². The number of carbonyl (C=O) groups excluding carboxylic acids is 2. The summed E-state index contributed by atoms with van der Waals surface area (Å²) >= 11 is 0. The number of allylic oxidation sites excluding steroid dienone is 1. The molecule has 4 N–H and O–H groups in total. The summed E-state index contributed by atoms with van der Waals surface area (Å²) in [6, 6.07) is 0.616. The Hall–Kier alpha value is -2.23. The zero-order valence-electron chi connectivity index (χ0n) is 18.2. The third-order valence-electron chi connectivity index (χ3n) is 5.70. The van der Waals surface area contributed by atoms with Gasteiger partial charge >= 0.3 is 26.3 Å². The average Bonchev–Trinajstić information content (AvgIpc) is 3.44. The quantitative estimate of drug-likeness (QED) is 0.393. The van der Waals surface area contributed by atoms with E-state index >= 15 is 0 Å². The lowest BCUT2D eigenvalue weighted by molar-refractivity contribution is 0.151. The highest BCUT2D eigenvalue weighted by Gasteiger charge is 2.45. The molecule has 11 heteroatoms. The van der Waals surface area contributed by atoms with Crippen LogP contribution in [0, 0.1) is 5.92 Å². The molecule has 9 nitrogen and oxygen atoms in total. The van der Waals surface area contributed by atoms with Crippen LogP contribution >= 0.6 is 0 Å². The lowest BCUT2D eigenvalue weighted by Crippen LogP contribution is -2.44. The highest BCUT2D eigenvalue weighted by molar-refractivity contribution is 6.49. The molecule has 168 valence electrons. The normalized spacial score (nSPS) is 33.5. The lowest BCUT2D eigenvalue weighted by atomic mass is 9.83. The Morgan fingerprint density at radius 1 is 1.06 bits per heavy atom. The molecular weight excluding hydrogens is 400 g/mol. The molecule has 2 aliphatic heterocycles. The van der Waals surface area contributed by atoms with Crippen molar-refractivity contribution in [2.45, 2.75) is 70.2 Å². The summed E-state index contributed by atoms with van der Waals surface area (Å²) in [5, 5.41) is 24.0. The molecule has 5 aliphatic rings. The Morgan fingerprint density at radius 3 is 2.39 bits per heavy atom. The number of ether oxygens (including phenoxy) is 2. The molecule has 0 bridgehead atoms. The molecule has 6 atom stereocenters. The van der Waals surface area contributed by atoms with Crippen molar-refractivity contribution < 1.29 is 29.1 Å². The van der Waals surface area contributed by atoms with Crippen molar-refractivity contribution in [2.75, 3.05) is 0 Å². The molecule has 2 saturated heterocycles. The summed E-state index contributed by atoms with van der Waals surface area (Å²) in [5.74, 6) is 0.663. The van der Waals surface area contributed by atoms with Gasteiger partial charge in [0.25, 0.3) is 0 Å². The number of amides is 2. The van der Waals surface area contributed by atoms with Crippen LogP contribution in [0.15, 0.2) is 36.5 Å². The maximum atomic E-state index is 11.1. The predicted molar refractivity (Wildman–Crippen MR) is 118 cm³/mol. The van der Waals surface area contributed by atoms with Crippen LogP contribution in [0.3, 0.4) is 0 Å². The molecule has 5 rings (SSSR count). The van der Waals surface area contributed by atoms with E-state index in [0.29, 0.717) is 12.0 Å². The summed E-state index contributed by atoms with van der Waals surface area (Å²) in [6.45, 7) is 5.50. The molecule has 0 saturated carbocycles. The van der Waals surface area contributed by atoms with Crippen LogP contribution in [-0.4, -0.2) is 71.5 Å². The van der Waals surface area contributed by atoms with Crippen molar-refractivity contribution in [3.05, 3.63) is 36.5 Å². The minimum absolute atomic E-state index is 0.0116. The van der Waals surface area contributed by atoms with Crippen molar-refractivity contribution >= 4 is 26.3 Å². The fourth-order valence-corrected chi connectivity index (χ4v) is 4.26. The molecule has 3 aliphatic carbocycles. The van der Waals surface area contributed by atoms with Crippen LogP contribution in [0.5, 0.6) is 0 Å². The Morgan fingerprint density at radius 2 is 1.77 bits per heavy atom. The second-order valence-electron chi connectivity index (χ2n) is 8.45. The first-order valence-corrected chi connectivity index (χ1v) is 10.8. The summed E-state index contributed by atoms with van der Waals surface area (Å²) in [7, 11) is -1.15. The first-order chi connectivity index (χ1) is 14.7. The average molecular weight is 431 g/mol. The second-order valence-corrected chi connectivity index (χ2v) is 8.45. The van der Waals surface area contributed by atoms with Crippen LogP contribution in [-0.2, 0) is 9.47 Å². The minimum atomic E-state index is -0.757. The molecule has 2 amide bonds. The van der Waals surface area contributed by atoms with Gasteiger partial charge in [-0.15, -0.1) is 0 Å². The van der Waals surface area contributed by atoms with E-state index in [9.17, 15) is 14.6 Å². The van der Waals surface area contributed by atoms with Crippen LogP contribution in [0.1, 0.15) is 26.2 Å². The fourth-order valence-electron chi connectivity index (χ4n) is 4.26. The summed E-state index contributed by atoms with van der Waals surface area (Å²) < 4.78 is 9.85. The topological polar surface area (TPSA) is 120 Å². The first-order valence-electron chi connectivity index (χ1n) is 10.8. The van der Waals surface area contributed by atoms with Crippen molar-refractivity contribution in [1.29, 1.82) is 0 Å². The maximum absolute atomic E-state index is 11.1. The van der Waals surface area contributed by atoms with E-state index in [0.717, 1.165) is 19.3 Å². The van der Waals surface area contributed by atoms with Crippen LogP contribution < -0.4 is 10.5 Å². The molecule has 2 fully saturated rings. The molecule has 0 spiro atoms. The number of hydrogen-bond donors (Lipinski definition) is 4. The largest absolute Gasteiger partial charge is 0.440 e. The zero-order chi connectivity index (χ0) is 22.5. The molecule has 0 aromatic carbocycles. The van der Waals surface area contributed by atoms with Crippen LogP contribution in [0.25, 0.3) is 0 Å². The van der Waals surface area contributed by atoms with Gasteiger partial charge < -0.3 is 34.9 Å². The minimum Gasteiger partial charge on any atom is -0.440 e. The Bertz CT molecular complexity index is 744. The van der Waals surface area contributed by atoms with E-state index in [1.54, 1.807) is 13.6 Å². The van der Waals surface area contributed by atoms with Gasteiger partial charge in [-0.1, -0.05) is 31.2 Å². The second kappa shape index (κ2) is 10.4. The van der Waals surface area contributed by atoms with Gasteiger partial charge in [-0.3, -0.25) is 0 Å². The van der Waals surface area contributed by atoms with Gasteiger partial charge in [0.1, 0.15) is 12.2 Å². The van der Waals surface area contributed by atoms with Gasteiger partial charge in [0, 0.05) is 6.04 Å². The van der Waals surface area contributed by atoms with Crippen molar-refractivity contribution in [1.82, 2.24) is 15.4 Å². The third-order valence-corrected chi connectivity index (χ3v) is 5.70. The number of carbonyl (C=O) groups is 2. The van der Waals surface area contributed by atoms with E-state index in [-0.39, 0.29) is 37.4 Å². The molecule has 2 heterocycles. The number of hydrogen-bond acceptors (Lipinski definition) is 7. The van der Waals surface area contributed by atoms with Crippen molar-refractivity contribution in [3.63, 3.8) is 0 Å². The Kier molecular flexibility index (Phi) is 7.85. The van der Waals surface area contributed by atoms with Gasteiger partial charge in [-0.05, 0) is 51.0 Å². The fraction of sp³-hybridized carbons (Fsp3) is 0.600. The standard InChI is InChI=1S/C7H10BNO3.C7H14BNO.C6H7NO2/c1-8(11)9-5-3-2-4-6(5)12-7(9)10;1-6-3-4-7(5-6)9-8(2)10;8-6-7-4-2-1-3-5(4)9-6/h2,4-6,11H,3H2,1H3;3-4,6-7,9-10H,5H2,1-2H3;1,3-5H,2H2,(H,7,8)/t5?,6-;6-,7+;4-,5+/m011/s1. The summed E-state index contributed by atoms with van der Waals surface area (Å²) in [5.41, 5.74) is 0. The van der Waals surface area contributed by atoms with E-state index in [1.807, 2.05) is 24.3 Å². The highest BCUT2D eigenvalue weighted by Crippen LogP contribution is 2.28. The summed E-state index contributed by atoms with van der Waals surface area (Å²) in [6.07, 6.45) is 14.1. The molecular formula is C20H31B2N3O6. The molecule has 31 heavy (non-hydrogen) atoms. The number of nitrogens with zero attached hydrogens (tertiary/aromatic N) is 1. The first kappa shape index (κ1) is 23.4. The van der Waals surface area contributed by atoms with Gasteiger partial charge in [0.05, 0.1) is 12.1 Å². The van der Waals surface area contributed by atoms with Gasteiger partial charge in [0.15, 0.2) is 0 Å². The van der Waals surface area contributed by atoms with E-state index < -0.39 is 13.1 Å². The number of fused-ring (bicyclic) bond motifs is 2. The van der Waals surface area contributed by atoms with Gasteiger partial charge in [-0.2, -0.15) is 0 Å². The van der Waals surface area contributed by atoms with Gasteiger partial charge in [0.2, 0.25) is 0 Å². The van der Waals surface area contributed by atoms with E-state index in [1.165, 1.54) is 4.81 Å². The SMILES string of the molecule is CB(O)N1C(=O)O[C@H]2C=CCC21.CB(O)N[C@H]1C=C[C@@H](C)C1.O=C1N[C@@H]2CC=C[C@@H]2O1. The van der Waals surface area contributed by atoms with E-state index in [4.69, 9.17) is 14.5 Å². The molecule has 0 radical (unpaired) electrons. The van der Waals surface area contributed by atoms with Gasteiger partial charge in [-0.25, -0.2) is 9.59 Å². The highest BCUT2D eigenvalue weighted by atomic mass is 16.6. The monoisotopic (exact) mass is 431 g/mol. The van der Waals surface area contributed by atoms with Crippen molar-refractivity contribution in [2.24, 2.45) is 5.92 Å². The molecule has 1 unspecified atom stereocenters. The molecule has 0 aromatic heterocycles. The van der Waals surface area contributed by atoms with E-state index in [2.05, 4.69) is 29.6 Å². The smallest absolute Gasteiger partial charge is 0.414 e. The Labute approximate surface area is 183 Å². The number of alkyl carbamates (subject to hydrolysis) is 1. The summed E-state index contributed by atoms with van der Waals surface area (Å²) in [4.78, 5) is 23.0. The maximum Gasteiger partial charge on any atom is 0.414 e. The number of nitrogens with one attached hydrogen (secondary N) is 2.